The largest absolute Gasteiger partial charge is 0.487 e. The summed E-state index contributed by atoms with van der Waals surface area (Å²) in [5.74, 6) is 0.0130. The molecule has 0 fully saturated rings. The monoisotopic (exact) mass is 468 g/mol. The van der Waals surface area contributed by atoms with Gasteiger partial charge in [-0.1, -0.05) is 5.21 Å². The maximum Gasteiger partial charge on any atom is 0.336 e. The zero-order valence-electron chi connectivity index (χ0n) is 17.7. The third-order valence-electron chi connectivity index (χ3n) is 4.86. The van der Waals surface area contributed by atoms with Gasteiger partial charge in [0.15, 0.2) is 0 Å². The predicted molar refractivity (Wildman–Crippen MR) is 121 cm³/mol. The second-order valence-corrected chi connectivity index (χ2v) is 8.85. The van der Waals surface area contributed by atoms with Crippen LogP contribution in [0.25, 0.3) is 16.7 Å². The highest BCUT2D eigenvalue weighted by atomic mass is 32.2. The standard InChI is InChI=1S/C21H20N6O5S/c1-12-9-19(28)32-20-13(2)18(8-7-17(12)20)31-11-14-10-27(26-24-14)15-3-5-16(6-4-15)33(29,30)25-21(22)23/h3-10H,11H2,1-2H3,(H4,22,23,25). The second kappa shape index (κ2) is 8.39. The maximum atomic E-state index is 12.0. The van der Waals surface area contributed by atoms with Crippen LogP contribution in [0.1, 0.15) is 16.8 Å². The van der Waals surface area contributed by atoms with E-state index in [1.807, 2.05) is 26.0 Å². The number of aromatic nitrogens is 3. The fourth-order valence-corrected chi connectivity index (χ4v) is 4.12. The molecule has 2 aromatic carbocycles. The first-order valence-electron chi connectivity index (χ1n) is 9.68. The number of guanidine groups is 1. The van der Waals surface area contributed by atoms with Crippen molar-refractivity contribution < 1.29 is 17.6 Å². The number of sulfonamides is 1. The lowest BCUT2D eigenvalue weighted by atomic mass is 10.1. The van der Waals surface area contributed by atoms with Crippen LogP contribution in [-0.2, 0) is 16.6 Å². The van der Waals surface area contributed by atoms with Crippen molar-refractivity contribution in [2.45, 2.75) is 25.3 Å². The van der Waals surface area contributed by atoms with Gasteiger partial charge in [-0.3, -0.25) is 0 Å². The lowest BCUT2D eigenvalue weighted by Gasteiger charge is -2.10. The molecule has 33 heavy (non-hydrogen) atoms. The quantitative estimate of drug-likeness (QED) is 0.242. The molecule has 4 N–H and O–H groups in total. The molecule has 12 heteroatoms. The van der Waals surface area contributed by atoms with E-state index in [1.54, 1.807) is 18.3 Å². The zero-order chi connectivity index (χ0) is 23.8. The number of nitrogens with zero attached hydrogens (tertiary/aromatic N) is 4. The molecule has 2 aromatic heterocycles. The van der Waals surface area contributed by atoms with Crippen molar-refractivity contribution >= 4 is 27.0 Å². The molecule has 0 aliphatic heterocycles. The van der Waals surface area contributed by atoms with Crippen LogP contribution in [0.4, 0.5) is 0 Å². The highest BCUT2D eigenvalue weighted by Gasteiger charge is 2.14. The highest BCUT2D eigenvalue weighted by Crippen LogP contribution is 2.28. The van der Waals surface area contributed by atoms with Crippen molar-refractivity contribution in [1.82, 2.24) is 15.0 Å². The first-order valence-corrected chi connectivity index (χ1v) is 11.1. The fourth-order valence-electron chi connectivity index (χ4n) is 3.26. The van der Waals surface area contributed by atoms with Gasteiger partial charge in [0.1, 0.15) is 23.6 Å². The molecule has 170 valence electrons. The van der Waals surface area contributed by atoms with E-state index in [1.165, 1.54) is 22.9 Å². The van der Waals surface area contributed by atoms with Crippen molar-refractivity contribution in [3.63, 3.8) is 0 Å². The minimum absolute atomic E-state index is 0.0583. The summed E-state index contributed by atoms with van der Waals surface area (Å²) in [6, 6.07) is 10.9. The van der Waals surface area contributed by atoms with Crippen LogP contribution >= 0.6 is 0 Å². The fraction of sp³-hybridized carbons (Fsp3) is 0.143. The van der Waals surface area contributed by atoms with Gasteiger partial charge >= 0.3 is 5.63 Å². The van der Waals surface area contributed by atoms with E-state index in [2.05, 4.69) is 14.7 Å². The molecular weight excluding hydrogens is 448 g/mol. The number of fused-ring (bicyclic) bond motifs is 1. The Hall–Kier alpha value is -4.19. The minimum Gasteiger partial charge on any atom is -0.487 e. The third kappa shape index (κ3) is 4.55. The summed E-state index contributed by atoms with van der Waals surface area (Å²) in [5.41, 5.74) is 13.0. The summed E-state index contributed by atoms with van der Waals surface area (Å²) in [5, 5.41) is 8.97. The van der Waals surface area contributed by atoms with Gasteiger partial charge in [0.05, 0.1) is 16.8 Å². The van der Waals surface area contributed by atoms with Crippen LogP contribution in [0.3, 0.4) is 0 Å². The molecule has 4 rings (SSSR count). The molecule has 0 aliphatic carbocycles. The highest BCUT2D eigenvalue weighted by molar-refractivity contribution is 7.90. The number of rotatable bonds is 6. The Kier molecular flexibility index (Phi) is 5.60. The Balaban J connectivity index is 1.51. The van der Waals surface area contributed by atoms with Crippen molar-refractivity contribution in [2.75, 3.05) is 0 Å². The summed E-state index contributed by atoms with van der Waals surface area (Å²) < 4.78 is 40.0. The number of hydrogen-bond acceptors (Lipinski definition) is 7. The molecule has 0 saturated heterocycles. The van der Waals surface area contributed by atoms with Gasteiger partial charge in [-0.15, -0.1) is 9.50 Å². The Labute approximate surface area is 188 Å². The molecule has 0 spiro atoms. The van der Waals surface area contributed by atoms with E-state index in [9.17, 15) is 13.2 Å². The van der Waals surface area contributed by atoms with Gasteiger partial charge < -0.3 is 20.6 Å². The second-order valence-electron chi connectivity index (χ2n) is 7.24. The molecule has 0 saturated carbocycles. The average molecular weight is 468 g/mol. The molecule has 0 bridgehead atoms. The Bertz CT molecular complexity index is 1530. The van der Waals surface area contributed by atoms with Crippen LogP contribution in [0, 0.1) is 13.8 Å². The average Bonchev–Trinajstić information content (AvgIpc) is 3.22. The zero-order valence-corrected chi connectivity index (χ0v) is 18.5. The number of benzene rings is 2. The first-order chi connectivity index (χ1) is 15.6. The van der Waals surface area contributed by atoms with E-state index in [0.29, 0.717) is 28.3 Å². The number of aryl methyl sites for hydroxylation is 2. The van der Waals surface area contributed by atoms with E-state index >= 15 is 0 Å². The SMILES string of the molecule is Cc1cc(=O)oc2c(C)c(OCc3cn(-c4ccc(S(=O)(=O)N=C(N)N)cc4)nn3)ccc12. The maximum absolute atomic E-state index is 12.0. The molecule has 11 nitrogen and oxygen atoms in total. The molecular formula is C21H20N6O5S. The topological polar surface area (TPSA) is 169 Å². The molecule has 0 atom stereocenters. The van der Waals surface area contributed by atoms with Crippen molar-refractivity contribution in [1.29, 1.82) is 0 Å². The van der Waals surface area contributed by atoms with Crippen molar-refractivity contribution in [2.24, 2.45) is 15.9 Å². The number of ether oxygens (including phenoxy) is 1. The predicted octanol–water partition coefficient (Wildman–Crippen LogP) is 1.53. The molecule has 4 aromatic rings. The smallest absolute Gasteiger partial charge is 0.336 e. The third-order valence-corrected chi connectivity index (χ3v) is 6.18. The van der Waals surface area contributed by atoms with Gasteiger partial charge in [0.25, 0.3) is 10.0 Å². The van der Waals surface area contributed by atoms with E-state index in [4.69, 9.17) is 20.6 Å². The van der Waals surface area contributed by atoms with Crippen LogP contribution < -0.4 is 21.8 Å². The molecule has 0 radical (unpaired) electrons. The lowest BCUT2D eigenvalue weighted by Crippen LogP contribution is -2.24. The molecule has 0 amide bonds. The van der Waals surface area contributed by atoms with E-state index < -0.39 is 21.6 Å². The van der Waals surface area contributed by atoms with Gasteiger partial charge in [0.2, 0.25) is 5.96 Å². The van der Waals surface area contributed by atoms with Crippen LogP contribution in [0.15, 0.2) is 67.2 Å². The Morgan fingerprint density at radius 3 is 2.58 bits per heavy atom. The summed E-state index contributed by atoms with van der Waals surface area (Å²) >= 11 is 0. The normalized spacial score (nSPS) is 11.5. The van der Waals surface area contributed by atoms with Crippen molar-refractivity contribution in [3.05, 3.63) is 75.9 Å². The van der Waals surface area contributed by atoms with Gasteiger partial charge in [0, 0.05) is 17.0 Å². The van der Waals surface area contributed by atoms with Gasteiger partial charge in [-0.2, -0.15) is 8.42 Å². The summed E-state index contributed by atoms with van der Waals surface area (Å²) in [6.07, 6.45) is 1.65. The van der Waals surface area contributed by atoms with Crippen LogP contribution in [0.5, 0.6) is 5.75 Å². The first kappa shape index (κ1) is 22.0. The van der Waals surface area contributed by atoms with Crippen LogP contribution in [-0.4, -0.2) is 29.4 Å². The Morgan fingerprint density at radius 1 is 1.15 bits per heavy atom. The molecule has 2 heterocycles. The summed E-state index contributed by atoms with van der Waals surface area (Å²) in [7, 11) is -3.97. The summed E-state index contributed by atoms with van der Waals surface area (Å²) in [4.78, 5) is 11.7. The minimum atomic E-state index is -3.97. The van der Waals surface area contributed by atoms with Gasteiger partial charge in [-0.05, 0) is 55.8 Å². The Morgan fingerprint density at radius 2 is 1.88 bits per heavy atom. The molecule has 0 aliphatic rings. The van der Waals surface area contributed by atoms with Gasteiger partial charge in [-0.25, -0.2) is 9.48 Å². The molecule has 0 unspecified atom stereocenters. The van der Waals surface area contributed by atoms with E-state index in [-0.39, 0.29) is 11.5 Å². The van der Waals surface area contributed by atoms with Crippen molar-refractivity contribution in [3.8, 4) is 11.4 Å². The summed E-state index contributed by atoms with van der Waals surface area (Å²) in [6.45, 7) is 3.79. The number of hydrogen-bond donors (Lipinski definition) is 2. The van der Waals surface area contributed by atoms with Crippen LogP contribution in [0.2, 0.25) is 0 Å². The van der Waals surface area contributed by atoms with E-state index in [0.717, 1.165) is 10.9 Å². The number of nitrogens with two attached hydrogens (primary N) is 2. The lowest BCUT2D eigenvalue weighted by molar-refractivity contribution is 0.299.